The van der Waals surface area contributed by atoms with Crippen molar-refractivity contribution in [3.63, 3.8) is 0 Å². The molecule has 27 heavy (non-hydrogen) atoms. The first kappa shape index (κ1) is 18.0. The Morgan fingerprint density at radius 3 is 2.70 bits per heavy atom. The maximum atomic E-state index is 13.5. The fraction of sp³-hybridized carbons (Fsp3) is 0.286. The first-order chi connectivity index (χ1) is 13.0. The summed E-state index contributed by atoms with van der Waals surface area (Å²) in [5.74, 6) is -0.319. The molecule has 1 aromatic heterocycles. The number of carbonyl (C=O) groups excluding carboxylic acids is 1. The molecule has 1 aliphatic heterocycles. The number of ketones is 1. The highest BCUT2D eigenvalue weighted by molar-refractivity contribution is 6.30. The summed E-state index contributed by atoms with van der Waals surface area (Å²) in [6, 6.07) is 10.4. The SMILES string of the molecule is Cc1ccc(Cl)cc1N1CCN(CC(=O)c2c[nH]c3ccc(F)cc23)CC1. The number of H-pyrrole nitrogens is 1. The molecule has 2 heterocycles. The Kier molecular flexibility index (Phi) is 4.89. The average molecular weight is 386 g/mol. The molecule has 3 aromatic rings. The molecule has 2 aromatic carbocycles. The minimum Gasteiger partial charge on any atom is -0.369 e. The lowest BCUT2D eigenvalue weighted by molar-refractivity contribution is 0.0928. The summed E-state index contributed by atoms with van der Waals surface area (Å²) in [7, 11) is 0. The molecule has 4 nitrogen and oxygen atoms in total. The minimum atomic E-state index is -0.332. The number of Topliss-reactive ketones (excluding diaryl/α,β-unsaturated/α-hetero) is 1. The third-order valence-electron chi connectivity index (χ3n) is 5.20. The van der Waals surface area contributed by atoms with Crippen LogP contribution in [0.3, 0.4) is 0 Å². The van der Waals surface area contributed by atoms with Gasteiger partial charge in [-0.3, -0.25) is 9.69 Å². The number of aromatic nitrogens is 1. The number of aromatic amines is 1. The highest BCUT2D eigenvalue weighted by Gasteiger charge is 2.22. The summed E-state index contributed by atoms with van der Waals surface area (Å²) in [5, 5.41) is 1.38. The molecule has 0 aliphatic carbocycles. The number of carbonyl (C=O) groups is 1. The number of piperazine rings is 1. The molecule has 1 aliphatic rings. The predicted molar refractivity (Wildman–Crippen MR) is 107 cm³/mol. The van der Waals surface area contributed by atoms with Crippen molar-refractivity contribution in [1.82, 2.24) is 9.88 Å². The van der Waals surface area contributed by atoms with Gasteiger partial charge in [0, 0.05) is 59.6 Å². The van der Waals surface area contributed by atoms with Crippen LogP contribution in [0, 0.1) is 12.7 Å². The zero-order valence-electron chi connectivity index (χ0n) is 15.1. The van der Waals surface area contributed by atoms with Gasteiger partial charge in [0.2, 0.25) is 0 Å². The molecule has 140 valence electrons. The van der Waals surface area contributed by atoms with E-state index in [4.69, 9.17) is 11.6 Å². The zero-order chi connectivity index (χ0) is 19.0. The van der Waals surface area contributed by atoms with Crippen molar-refractivity contribution in [1.29, 1.82) is 0 Å². The number of hydrogen-bond acceptors (Lipinski definition) is 3. The van der Waals surface area contributed by atoms with Crippen LogP contribution in [0.25, 0.3) is 10.9 Å². The fourth-order valence-corrected chi connectivity index (χ4v) is 3.85. The smallest absolute Gasteiger partial charge is 0.178 e. The van der Waals surface area contributed by atoms with Gasteiger partial charge in [-0.05, 0) is 42.8 Å². The van der Waals surface area contributed by atoms with E-state index < -0.39 is 0 Å². The molecule has 4 rings (SSSR count). The number of fused-ring (bicyclic) bond motifs is 1. The number of benzene rings is 2. The van der Waals surface area contributed by atoms with Crippen LogP contribution in [0.1, 0.15) is 15.9 Å². The second kappa shape index (κ2) is 7.33. The van der Waals surface area contributed by atoms with Crippen LogP contribution in [0.15, 0.2) is 42.6 Å². The van der Waals surface area contributed by atoms with Crippen LogP contribution >= 0.6 is 11.6 Å². The Hall–Kier alpha value is -2.37. The van der Waals surface area contributed by atoms with E-state index in [1.54, 1.807) is 12.3 Å². The molecule has 0 spiro atoms. The second-order valence-corrected chi connectivity index (χ2v) is 7.45. The van der Waals surface area contributed by atoms with Crippen molar-refractivity contribution < 1.29 is 9.18 Å². The molecule has 6 heteroatoms. The lowest BCUT2D eigenvalue weighted by Gasteiger charge is -2.36. The zero-order valence-corrected chi connectivity index (χ0v) is 15.9. The van der Waals surface area contributed by atoms with Crippen molar-refractivity contribution in [2.45, 2.75) is 6.92 Å². The van der Waals surface area contributed by atoms with E-state index in [2.05, 4.69) is 21.7 Å². The van der Waals surface area contributed by atoms with E-state index >= 15 is 0 Å². The number of hydrogen-bond donors (Lipinski definition) is 1. The summed E-state index contributed by atoms with van der Waals surface area (Å²) < 4.78 is 13.5. The molecule has 0 radical (unpaired) electrons. The molecule has 1 fully saturated rings. The Morgan fingerprint density at radius 1 is 1.15 bits per heavy atom. The van der Waals surface area contributed by atoms with Gasteiger partial charge < -0.3 is 9.88 Å². The molecule has 0 saturated carbocycles. The molecule has 1 saturated heterocycles. The largest absolute Gasteiger partial charge is 0.369 e. The van der Waals surface area contributed by atoms with Gasteiger partial charge in [-0.2, -0.15) is 0 Å². The summed E-state index contributed by atoms with van der Waals surface area (Å²) in [4.78, 5) is 20.2. The normalized spacial score (nSPS) is 15.4. The first-order valence-corrected chi connectivity index (χ1v) is 9.42. The van der Waals surface area contributed by atoms with Crippen LogP contribution in [-0.2, 0) is 0 Å². The minimum absolute atomic E-state index is 0.0132. The maximum Gasteiger partial charge on any atom is 0.178 e. The van der Waals surface area contributed by atoms with Gasteiger partial charge in [-0.1, -0.05) is 17.7 Å². The topological polar surface area (TPSA) is 39.3 Å². The van der Waals surface area contributed by atoms with Crippen molar-refractivity contribution in [2.75, 3.05) is 37.6 Å². The van der Waals surface area contributed by atoms with Gasteiger partial charge in [0.15, 0.2) is 5.78 Å². The van der Waals surface area contributed by atoms with Crippen molar-refractivity contribution in [3.8, 4) is 0 Å². The summed E-state index contributed by atoms with van der Waals surface area (Å²) in [6.07, 6.45) is 1.68. The maximum absolute atomic E-state index is 13.5. The third kappa shape index (κ3) is 3.70. The van der Waals surface area contributed by atoms with Gasteiger partial charge >= 0.3 is 0 Å². The Balaban J connectivity index is 1.42. The Labute approximate surface area is 162 Å². The van der Waals surface area contributed by atoms with Crippen molar-refractivity contribution >= 4 is 34.0 Å². The summed E-state index contributed by atoms with van der Waals surface area (Å²) in [5.41, 5.74) is 3.68. The number of rotatable bonds is 4. The lowest BCUT2D eigenvalue weighted by atomic mass is 10.1. The number of nitrogens with zero attached hydrogens (tertiary/aromatic N) is 2. The third-order valence-corrected chi connectivity index (χ3v) is 5.43. The van der Waals surface area contributed by atoms with E-state index in [0.29, 0.717) is 17.5 Å². The molecule has 0 amide bonds. The lowest BCUT2D eigenvalue weighted by Crippen LogP contribution is -2.48. The number of anilines is 1. The molecular formula is C21H21ClFN3O. The van der Waals surface area contributed by atoms with E-state index in [-0.39, 0.29) is 11.6 Å². The Morgan fingerprint density at radius 2 is 1.93 bits per heavy atom. The quantitative estimate of drug-likeness (QED) is 0.681. The van der Waals surface area contributed by atoms with E-state index in [1.165, 1.54) is 17.7 Å². The van der Waals surface area contributed by atoms with Crippen LogP contribution in [0.5, 0.6) is 0 Å². The molecule has 0 unspecified atom stereocenters. The van der Waals surface area contributed by atoms with Crippen LogP contribution in [-0.4, -0.2) is 48.4 Å². The molecule has 1 N–H and O–H groups in total. The van der Waals surface area contributed by atoms with E-state index in [9.17, 15) is 9.18 Å². The number of nitrogens with one attached hydrogen (secondary N) is 1. The van der Waals surface area contributed by atoms with Crippen LogP contribution in [0.2, 0.25) is 5.02 Å². The monoisotopic (exact) mass is 385 g/mol. The van der Waals surface area contributed by atoms with Crippen molar-refractivity contribution in [2.24, 2.45) is 0 Å². The highest BCUT2D eigenvalue weighted by atomic mass is 35.5. The molecule has 0 bridgehead atoms. The van der Waals surface area contributed by atoms with Gasteiger partial charge in [0.1, 0.15) is 5.82 Å². The van der Waals surface area contributed by atoms with Crippen molar-refractivity contribution in [3.05, 3.63) is 64.6 Å². The summed E-state index contributed by atoms with van der Waals surface area (Å²) >= 11 is 6.14. The van der Waals surface area contributed by atoms with E-state index in [1.807, 2.05) is 18.2 Å². The van der Waals surface area contributed by atoms with Gasteiger partial charge in [0.25, 0.3) is 0 Å². The molecule has 0 atom stereocenters. The average Bonchev–Trinajstić information content (AvgIpc) is 3.07. The van der Waals surface area contributed by atoms with Gasteiger partial charge in [-0.25, -0.2) is 4.39 Å². The predicted octanol–water partition coefficient (Wildman–Crippen LogP) is 4.27. The second-order valence-electron chi connectivity index (χ2n) is 7.01. The van der Waals surface area contributed by atoms with Crippen LogP contribution < -0.4 is 4.90 Å². The number of aryl methyl sites for hydroxylation is 1. The highest BCUT2D eigenvalue weighted by Crippen LogP contribution is 2.25. The van der Waals surface area contributed by atoms with Crippen LogP contribution in [0.4, 0.5) is 10.1 Å². The van der Waals surface area contributed by atoms with Gasteiger partial charge in [-0.15, -0.1) is 0 Å². The molecular weight excluding hydrogens is 365 g/mol. The van der Waals surface area contributed by atoms with E-state index in [0.717, 1.165) is 42.4 Å². The summed E-state index contributed by atoms with van der Waals surface area (Å²) in [6.45, 7) is 5.71. The first-order valence-electron chi connectivity index (χ1n) is 9.04. The number of halogens is 2. The standard InChI is InChI=1S/C21H21ClFN3O/c1-14-2-3-15(22)10-20(14)26-8-6-25(7-9-26)13-21(27)18-12-24-19-5-4-16(23)11-17(18)19/h2-5,10-12,24H,6-9,13H2,1H3. The fourth-order valence-electron chi connectivity index (χ4n) is 3.68. The Bertz CT molecular complexity index is 992. The van der Waals surface area contributed by atoms with Gasteiger partial charge in [0.05, 0.1) is 6.54 Å².